The fraction of sp³-hybridized carbons (Fsp3) is 0.714. The van der Waals surface area contributed by atoms with Gasteiger partial charge in [-0.25, -0.2) is 0 Å². The summed E-state index contributed by atoms with van der Waals surface area (Å²) in [6.45, 7) is 2.17. The molecule has 0 unspecified atom stereocenters. The number of aldehydes is 1. The third-order valence-corrected chi connectivity index (χ3v) is 2.84. The van der Waals surface area contributed by atoms with Crippen LogP contribution in [-0.4, -0.2) is 23.6 Å². The van der Waals surface area contributed by atoms with Crippen LogP contribution < -0.4 is 0 Å². The molecule has 0 aromatic heterocycles. The standard InChI is InChI=1S/C14H22O4/c1-2-3-4-5-6-7-8-9-10-12(16)14(18)13(17)11-15/h11H,2-10H2,1H3. The first-order chi connectivity index (χ1) is 8.63. The molecule has 4 heteroatoms. The summed E-state index contributed by atoms with van der Waals surface area (Å²) >= 11 is 0. The van der Waals surface area contributed by atoms with E-state index in [1.807, 2.05) is 0 Å². The summed E-state index contributed by atoms with van der Waals surface area (Å²) in [5.74, 6) is -3.15. The largest absolute Gasteiger partial charge is 0.294 e. The molecule has 0 atom stereocenters. The van der Waals surface area contributed by atoms with Crippen LogP contribution in [0.5, 0.6) is 0 Å². The van der Waals surface area contributed by atoms with Gasteiger partial charge in [-0.1, -0.05) is 51.9 Å². The summed E-state index contributed by atoms with van der Waals surface area (Å²) < 4.78 is 0. The molecule has 0 aliphatic carbocycles. The summed E-state index contributed by atoms with van der Waals surface area (Å²) in [6, 6.07) is 0. The van der Waals surface area contributed by atoms with E-state index < -0.39 is 17.3 Å². The molecular weight excluding hydrogens is 232 g/mol. The van der Waals surface area contributed by atoms with Gasteiger partial charge < -0.3 is 0 Å². The lowest BCUT2D eigenvalue weighted by Gasteiger charge is -2.00. The number of carbonyl (C=O) groups is 4. The molecule has 0 bridgehead atoms. The molecule has 0 aliphatic rings. The topological polar surface area (TPSA) is 68.3 Å². The highest BCUT2D eigenvalue weighted by Crippen LogP contribution is 2.09. The van der Waals surface area contributed by atoms with E-state index >= 15 is 0 Å². The van der Waals surface area contributed by atoms with Crippen molar-refractivity contribution in [2.45, 2.75) is 64.7 Å². The van der Waals surface area contributed by atoms with E-state index in [1.54, 1.807) is 0 Å². The average molecular weight is 254 g/mol. The van der Waals surface area contributed by atoms with Crippen molar-refractivity contribution < 1.29 is 19.2 Å². The van der Waals surface area contributed by atoms with Gasteiger partial charge in [0.05, 0.1) is 0 Å². The Hall–Kier alpha value is -1.32. The monoisotopic (exact) mass is 254 g/mol. The van der Waals surface area contributed by atoms with Crippen molar-refractivity contribution in [3.63, 3.8) is 0 Å². The van der Waals surface area contributed by atoms with E-state index in [2.05, 4.69) is 6.92 Å². The van der Waals surface area contributed by atoms with Crippen molar-refractivity contribution in [1.82, 2.24) is 0 Å². The predicted octanol–water partition coefficient (Wildman–Crippen LogP) is 2.42. The summed E-state index contributed by atoms with van der Waals surface area (Å²) in [5.41, 5.74) is 0. The first kappa shape index (κ1) is 16.7. The van der Waals surface area contributed by atoms with E-state index in [0.717, 1.165) is 19.3 Å². The van der Waals surface area contributed by atoms with Gasteiger partial charge in [0.1, 0.15) is 0 Å². The molecule has 0 aromatic carbocycles. The van der Waals surface area contributed by atoms with Gasteiger partial charge >= 0.3 is 0 Å². The van der Waals surface area contributed by atoms with E-state index in [-0.39, 0.29) is 12.7 Å². The minimum atomic E-state index is -1.24. The summed E-state index contributed by atoms with van der Waals surface area (Å²) in [4.78, 5) is 42.9. The Kier molecular flexibility index (Phi) is 10.0. The van der Waals surface area contributed by atoms with Gasteiger partial charge in [0.2, 0.25) is 5.78 Å². The quantitative estimate of drug-likeness (QED) is 0.232. The van der Waals surface area contributed by atoms with Crippen LogP contribution in [0.1, 0.15) is 64.7 Å². The number of Topliss-reactive ketones (excluding diaryl/α,β-unsaturated/α-hetero) is 3. The molecular formula is C14H22O4. The maximum atomic E-state index is 11.2. The lowest BCUT2D eigenvalue weighted by Crippen LogP contribution is -2.24. The normalized spacial score (nSPS) is 10.1. The number of hydrogen-bond donors (Lipinski definition) is 0. The SMILES string of the molecule is CCCCCCCCCCC(=O)C(=O)C(=O)C=O. The molecule has 0 amide bonds. The highest BCUT2D eigenvalue weighted by molar-refractivity contribution is 6.74. The van der Waals surface area contributed by atoms with Crippen molar-refractivity contribution in [1.29, 1.82) is 0 Å². The Labute approximate surface area is 108 Å². The van der Waals surface area contributed by atoms with Gasteiger partial charge in [-0.05, 0) is 6.42 Å². The Morgan fingerprint density at radius 2 is 1.33 bits per heavy atom. The first-order valence-electron chi connectivity index (χ1n) is 6.70. The van der Waals surface area contributed by atoms with Crippen LogP contribution in [-0.2, 0) is 19.2 Å². The summed E-state index contributed by atoms with van der Waals surface area (Å²) in [7, 11) is 0. The van der Waals surface area contributed by atoms with Crippen LogP contribution in [0, 0.1) is 0 Å². The van der Waals surface area contributed by atoms with E-state index in [9.17, 15) is 19.2 Å². The zero-order valence-electron chi connectivity index (χ0n) is 11.1. The molecule has 4 nitrogen and oxygen atoms in total. The van der Waals surface area contributed by atoms with Crippen LogP contribution in [0.25, 0.3) is 0 Å². The van der Waals surface area contributed by atoms with Gasteiger partial charge in [0, 0.05) is 6.42 Å². The van der Waals surface area contributed by atoms with Crippen molar-refractivity contribution in [3.8, 4) is 0 Å². The van der Waals surface area contributed by atoms with Gasteiger partial charge in [0.25, 0.3) is 11.6 Å². The summed E-state index contributed by atoms with van der Waals surface area (Å²) in [5, 5.41) is 0. The molecule has 0 spiro atoms. The number of carbonyl (C=O) groups excluding carboxylic acids is 4. The number of ketones is 3. The highest BCUT2D eigenvalue weighted by Gasteiger charge is 2.20. The lowest BCUT2D eigenvalue weighted by atomic mass is 10.0. The minimum absolute atomic E-state index is 0.0768. The molecule has 0 radical (unpaired) electrons. The number of rotatable bonds is 12. The third-order valence-electron chi connectivity index (χ3n) is 2.84. The second-order valence-corrected chi connectivity index (χ2v) is 4.46. The molecule has 0 saturated heterocycles. The molecule has 0 aromatic rings. The maximum Gasteiger partial charge on any atom is 0.271 e. The molecule has 0 saturated carbocycles. The van der Waals surface area contributed by atoms with Gasteiger partial charge in [0.15, 0.2) is 6.29 Å². The molecule has 0 rings (SSSR count). The number of hydrogen-bond acceptors (Lipinski definition) is 4. The summed E-state index contributed by atoms with van der Waals surface area (Å²) in [6.07, 6.45) is 8.63. The van der Waals surface area contributed by atoms with Gasteiger partial charge in [-0.3, -0.25) is 19.2 Å². The van der Waals surface area contributed by atoms with E-state index in [1.165, 1.54) is 25.7 Å². The Morgan fingerprint density at radius 1 is 0.833 bits per heavy atom. The van der Waals surface area contributed by atoms with Gasteiger partial charge in [-0.2, -0.15) is 0 Å². The highest BCUT2D eigenvalue weighted by atomic mass is 16.2. The fourth-order valence-corrected chi connectivity index (χ4v) is 1.72. The second kappa shape index (κ2) is 10.8. The zero-order valence-corrected chi connectivity index (χ0v) is 11.1. The van der Waals surface area contributed by atoms with Gasteiger partial charge in [-0.15, -0.1) is 0 Å². The molecule has 0 N–H and O–H groups in total. The van der Waals surface area contributed by atoms with Crippen LogP contribution >= 0.6 is 0 Å². The van der Waals surface area contributed by atoms with Crippen LogP contribution in [0.15, 0.2) is 0 Å². The Balaban J connectivity index is 3.49. The van der Waals surface area contributed by atoms with Crippen molar-refractivity contribution in [2.75, 3.05) is 0 Å². The van der Waals surface area contributed by atoms with Crippen LogP contribution in [0.3, 0.4) is 0 Å². The lowest BCUT2D eigenvalue weighted by molar-refractivity contribution is -0.145. The van der Waals surface area contributed by atoms with Crippen molar-refractivity contribution >= 4 is 23.6 Å². The predicted molar refractivity (Wildman–Crippen MR) is 68.3 cm³/mol. The maximum absolute atomic E-state index is 11.2. The Morgan fingerprint density at radius 3 is 1.83 bits per heavy atom. The zero-order chi connectivity index (χ0) is 13.8. The van der Waals surface area contributed by atoms with Crippen LogP contribution in [0.2, 0.25) is 0 Å². The minimum Gasteiger partial charge on any atom is -0.294 e. The molecule has 0 heterocycles. The first-order valence-corrected chi connectivity index (χ1v) is 6.70. The molecule has 18 heavy (non-hydrogen) atoms. The molecule has 0 aliphatic heterocycles. The third kappa shape index (κ3) is 7.87. The second-order valence-electron chi connectivity index (χ2n) is 4.46. The van der Waals surface area contributed by atoms with Crippen molar-refractivity contribution in [3.05, 3.63) is 0 Å². The number of unbranched alkanes of at least 4 members (excludes halogenated alkanes) is 7. The van der Waals surface area contributed by atoms with Crippen molar-refractivity contribution in [2.24, 2.45) is 0 Å². The van der Waals surface area contributed by atoms with E-state index in [0.29, 0.717) is 6.42 Å². The van der Waals surface area contributed by atoms with Crippen LogP contribution in [0.4, 0.5) is 0 Å². The average Bonchev–Trinajstić information content (AvgIpc) is 2.39. The Bertz CT molecular complexity index is 294. The molecule has 102 valence electrons. The smallest absolute Gasteiger partial charge is 0.271 e. The van der Waals surface area contributed by atoms with E-state index in [4.69, 9.17) is 0 Å². The molecule has 0 fully saturated rings. The fourth-order valence-electron chi connectivity index (χ4n) is 1.72.